The molecule has 0 spiro atoms. The van der Waals surface area contributed by atoms with Crippen molar-refractivity contribution in [3.63, 3.8) is 0 Å². The number of aldehydes is 1. The second-order valence-electron chi connectivity index (χ2n) is 3.47. The first-order chi connectivity index (χ1) is 8.52. The second kappa shape index (κ2) is 5.45. The van der Waals surface area contributed by atoms with E-state index in [0.717, 1.165) is 0 Å². The molecule has 0 N–H and O–H groups in total. The van der Waals surface area contributed by atoms with Crippen LogP contribution in [-0.4, -0.2) is 11.3 Å². The zero-order valence-electron chi connectivity index (χ0n) is 8.75. The van der Waals surface area contributed by atoms with Crippen LogP contribution < -0.4 is 0 Å². The van der Waals surface area contributed by atoms with Crippen molar-refractivity contribution in [3.8, 4) is 11.1 Å². The van der Waals surface area contributed by atoms with E-state index in [9.17, 15) is 4.79 Å². The Hall–Kier alpha value is -0.800. The van der Waals surface area contributed by atoms with Crippen LogP contribution in [0.4, 0.5) is 0 Å². The van der Waals surface area contributed by atoms with Gasteiger partial charge in [0.15, 0.2) is 6.29 Å². The van der Waals surface area contributed by atoms with Gasteiger partial charge in [0, 0.05) is 22.3 Å². The first-order valence-electron chi connectivity index (χ1n) is 4.78. The van der Waals surface area contributed by atoms with Crippen LogP contribution >= 0.6 is 46.4 Å². The first-order valence-corrected chi connectivity index (χ1v) is 6.29. The minimum atomic E-state index is 0.137. The van der Waals surface area contributed by atoms with E-state index in [1.54, 1.807) is 18.2 Å². The fourth-order valence-corrected chi connectivity index (χ4v) is 2.32. The van der Waals surface area contributed by atoms with Gasteiger partial charge in [-0.15, -0.1) is 0 Å². The molecule has 2 aromatic rings. The van der Waals surface area contributed by atoms with Crippen molar-refractivity contribution >= 4 is 52.7 Å². The fourth-order valence-electron chi connectivity index (χ4n) is 1.46. The molecule has 0 fully saturated rings. The zero-order valence-corrected chi connectivity index (χ0v) is 11.8. The van der Waals surface area contributed by atoms with Crippen molar-refractivity contribution in [2.75, 3.05) is 0 Å². The van der Waals surface area contributed by atoms with Gasteiger partial charge >= 0.3 is 0 Å². The quantitative estimate of drug-likeness (QED) is 0.434. The Morgan fingerprint density at radius 1 is 1.06 bits per heavy atom. The first kappa shape index (κ1) is 13.6. The molecule has 2 rings (SSSR count). The van der Waals surface area contributed by atoms with Crippen molar-refractivity contribution in [3.05, 3.63) is 50.2 Å². The lowest BCUT2D eigenvalue weighted by Crippen LogP contribution is -1.89. The summed E-state index contributed by atoms with van der Waals surface area (Å²) in [6.07, 6.45) is 2.13. The lowest BCUT2D eigenvalue weighted by atomic mass is 10.1. The van der Waals surface area contributed by atoms with Crippen molar-refractivity contribution in [1.29, 1.82) is 0 Å². The Morgan fingerprint density at radius 3 is 2.44 bits per heavy atom. The highest BCUT2D eigenvalue weighted by Crippen LogP contribution is 2.36. The molecule has 6 heteroatoms. The number of aromatic nitrogens is 1. The van der Waals surface area contributed by atoms with Gasteiger partial charge in [0.2, 0.25) is 0 Å². The van der Waals surface area contributed by atoms with E-state index in [4.69, 9.17) is 46.4 Å². The summed E-state index contributed by atoms with van der Waals surface area (Å²) in [5.41, 5.74) is 1.50. The van der Waals surface area contributed by atoms with Gasteiger partial charge < -0.3 is 0 Å². The summed E-state index contributed by atoms with van der Waals surface area (Å²) in [6.45, 7) is 0. The van der Waals surface area contributed by atoms with E-state index in [2.05, 4.69) is 4.98 Å². The highest BCUT2D eigenvalue weighted by molar-refractivity contribution is 6.45. The standard InChI is InChI=1S/C12H5Cl4NO/c13-8-2-9(11(15)10(14)3-8)6-1-7(5-18)12(16)17-4-6/h1-5H. The Bertz CT molecular complexity index is 628. The predicted molar refractivity (Wildman–Crippen MR) is 75.1 cm³/mol. The molecule has 2 nitrogen and oxygen atoms in total. The minimum Gasteiger partial charge on any atom is -0.298 e. The molecule has 0 aliphatic rings. The predicted octanol–water partition coefficient (Wildman–Crippen LogP) is 5.17. The van der Waals surface area contributed by atoms with Gasteiger partial charge in [0.05, 0.1) is 15.6 Å². The van der Waals surface area contributed by atoms with Crippen LogP contribution in [-0.2, 0) is 0 Å². The molecular weight excluding hydrogens is 316 g/mol. The molecule has 0 saturated carbocycles. The van der Waals surface area contributed by atoms with Crippen molar-refractivity contribution in [2.24, 2.45) is 0 Å². The largest absolute Gasteiger partial charge is 0.298 e. The third-order valence-electron chi connectivity index (χ3n) is 2.30. The molecule has 1 aromatic carbocycles. The van der Waals surface area contributed by atoms with E-state index >= 15 is 0 Å². The molecule has 0 radical (unpaired) electrons. The molecule has 18 heavy (non-hydrogen) atoms. The molecule has 0 aliphatic carbocycles. The van der Waals surface area contributed by atoms with Crippen LogP contribution in [0.25, 0.3) is 11.1 Å². The van der Waals surface area contributed by atoms with E-state index in [1.807, 2.05) is 0 Å². The van der Waals surface area contributed by atoms with Crippen LogP contribution in [0.15, 0.2) is 24.4 Å². The van der Waals surface area contributed by atoms with E-state index in [-0.39, 0.29) is 10.7 Å². The van der Waals surface area contributed by atoms with E-state index in [1.165, 1.54) is 6.20 Å². The number of rotatable bonds is 2. The van der Waals surface area contributed by atoms with Crippen LogP contribution in [0.3, 0.4) is 0 Å². The summed E-state index contributed by atoms with van der Waals surface area (Å²) >= 11 is 23.7. The second-order valence-corrected chi connectivity index (χ2v) is 5.05. The summed E-state index contributed by atoms with van der Waals surface area (Å²) in [5.74, 6) is 0. The van der Waals surface area contributed by atoms with Crippen LogP contribution in [0.2, 0.25) is 20.2 Å². The topological polar surface area (TPSA) is 30.0 Å². The molecule has 1 aromatic heterocycles. The van der Waals surface area contributed by atoms with Crippen molar-refractivity contribution in [1.82, 2.24) is 4.98 Å². The summed E-state index contributed by atoms with van der Waals surface area (Å²) in [4.78, 5) is 14.7. The molecule has 0 amide bonds. The molecule has 92 valence electrons. The van der Waals surface area contributed by atoms with Crippen LogP contribution in [0, 0.1) is 0 Å². The summed E-state index contributed by atoms with van der Waals surface area (Å²) in [7, 11) is 0. The Morgan fingerprint density at radius 2 is 1.78 bits per heavy atom. The number of benzene rings is 1. The Kier molecular flexibility index (Phi) is 4.13. The molecule has 0 unspecified atom stereocenters. The number of hydrogen-bond donors (Lipinski definition) is 0. The molecular formula is C12H5Cl4NO. The monoisotopic (exact) mass is 319 g/mol. The number of halogens is 4. The molecule has 0 aliphatic heterocycles. The van der Waals surface area contributed by atoms with Gasteiger partial charge in [-0.3, -0.25) is 4.79 Å². The van der Waals surface area contributed by atoms with Crippen LogP contribution in [0.5, 0.6) is 0 Å². The third kappa shape index (κ3) is 2.62. The lowest BCUT2D eigenvalue weighted by molar-refractivity contribution is 0.112. The molecule has 0 saturated heterocycles. The zero-order chi connectivity index (χ0) is 13.3. The van der Waals surface area contributed by atoms with Gasteiger partial charge in [0.1, 0.15) is 5.15 Å². The average Bonchev–Trinajstić information content (AvgIpc) is 2.34. The fraction of sp³-hybridized carbons (Fsp3) is 0. The maximum atomic E-state index is 10.8. The SMILES string of the molecule is O=Cc1cc(-c2cc(Cl)cc(Cl)c2Cl)cnc1Cl. The lowest BCUT2D eigenvalue weighted by Gasteiger charge is -2.08. The normalized spacial score (nSPS) is 10.4. The average molecular weight is 321 g/mol. The smallest absolute Gasteiger partial charge is 0.153 e. The number of nitrogens with zero attached hydrogens (tertiary/aromatic N) is 1. The number of hydrogen-bond acceptors (Lipinski definition) is 2. The van der Waals surface area contributed by atoms with Gasteiger partial charge in [0.25, 0.3) is 0 Å². The van der Waals surface area contributed by atoms with Gasteiger partial charge in [-0.1, -0.05) is 46.4 Å². The van der Waals surface area contributed by atoms with Gasteiger partial charge in [-0.2, -0.15) is 0 Å². The maximum absolute atomic E-state index is 10.8. The highest BCUT2D eigenvalue weighted by Gasteiger charge is 2.11. The Labute approximate surface area is 123 Å². The minimum absolute atomic E-state index is 0.137. The van der Waals surface area contributed by atoms with Gasteiger partial charge in [-0.25, -0.2) is 4.98 Å². The molecule has 0 bridgehead atoms. The summed E-state index contributed by atoms with van der Waals surface area (Å²) < 4.78 is 0. The summed E-state index contributed by atoms with van der Waals surface area (Å²) in [6, 6.07) is 4.77. The molecule has 1 heterocycles. The number of carbonyl (C=O) groups is 1. The number of carbonyl (C=O) groups excluding carboxylic acids is 1. The van der Waals surface area contributed by atoms with E-state index in [0.29, 0.717) is 32.5 Å². The van der Waals surface area contributed by atoms with Gasteiger partial charge in [-0.05, 0) is 18.2 Å². The van der Waals surface area contributed by atoms with Crippen molar-refractivity contribution < 1.29 is 4.79 Å². The third-order valence-corrected chi connectivity index (χ3v) is 3.63. The number of pyridine rings is 1. The van der Waals surface area contributed by atoms with Crippen LogP contribution in [0.1, 0.15) is 10.4 Å². The molecule has 0 atom stereocenters. The highest BCUT2D eigenvalue weighted by atomic mass is 35.5. The van der Waals surface area contributed by atoms with Crippen molar-refractivity contribution in [2.45, 2.75) is 0 Å². The Balaban J connectivity index is 2.65. The van der Waals surface area contributed by atoms with E-state index < -0.39 is 0 Å². The maximum Gasteiger partial charge on any atom is 0.153 e. The summed E-state index contributed by atoms with van der Waals surface area (Å²) in [5, 5.41) is 1.27.